The van der Waals surface area contributed by atoms with Crippen LogP contribution in [0.3, 0.4) is 0 Å². The summed E-state index contributed by atoms with van der Waals surface area (Å²) in [5, 5.41) is 10.1. The van der Waals surface area contributed by atoms with E-state index in [1.54, 1.807) is 23.9 Å². The fraction of sp³-hybridized carbons (Fsp3) is 0.308. The van der Waals surface area contributed by atoms with Crippen LogP contribution in [0.15, 0.2) is 24.3 Å². The van der Waals surface area contributed by atoms with Crippen LogP contribution in [-0.2, 0) is 4.79 Å². The Morgan fingerprint density at radius 1 is 1.16 bits per heavy atom. The highest BCUT2D eigenvalue weighted by molar-refractivity contribution is 6.34. The van der Waals surface area contributed by atoms with Gasteiger partial charge in [0.1, 0.15) is 0 Å². The zero-order valence-electron chi connectivity index (χ0n) is 11.1. The number of halogens is 1. The number of likely N-dealkylation sites (N-methyl/N-ethyl adjacent to an activating group) is 2. The third kappa shape index (κ3) is 2.76. The van der Waals surface area contributed by atoms with Gasteiger partial charge >= 0.3 is 0 Å². The van der Waals surface area contributed by atoms with Gasteiger partial charge < -0.3 is 9.80 Å². The maximum Gasteiger partial charge on any atom is 0.241 e. The number of hydrogen-bond donors (Lipinski definition) is 0. The van der Waals surface area contributed by atoms with Gasteiger partial charge in [-0.1, -0.05) is 35.9 Å². The molecule has 0 spiro atoms. The van der Waals surface area contributed by atoms with Gasteiger partial charge in [0.25, 0.3) is 0 Å². The summed E-state index contributed by atoms with van der Waals surface area (Å²) in [6.07, 6.45) is 0. The number of rotatable bonds is 3. The van der Waals surface area contributed by atoms with Crippen LogP contribution in [0, 0.1) is 0 Å². The molecule has 0 fully saturated rings. The summed E-state index contributed by atoms with van der Waals surface area (Å²) in [6, 6.07) is 7.61. The zero-order chi connectivity index (χ0) is 14.0. The molecule has 0 aliphatic rings. The van der Waals surface area contributed by atoms with Crippen LogP contribution in [0.5, 0.6) is 0 Å². The largest absolute Gasteiger partial charge is 0.348 e. The van der Waals surface area contributed by atoms with Gasteiger partial charge in [0, 0.05) is 31.9 Å². The maximum absolute atomic E-state index is 11.7. The predicted molar refractivity (Wildman–Crippen MR) is 76.5 cm³/mol. The van der Waals surface area contributed by atoms with Crippen LogP contribution in [0.1, 0.15) is 0 Å². The van der Waals surface area contributed by atoms with Gasteiger partial charge in [-0.2, -0.15) is 0 Å². The molecule has 0 unspecified atom stereocenters. The van der Waals surface area contributed by atoms with E-state index < -0.39 is 0 Å². The van der Waals surface area contributed by atoms with Gasteiger partial charge in [0.05, 0.1) is 6.54 Å². The minimum absolute atomic E-state index is 0.00308. The first kappa shape index (κ1) is 13.5. The molecule has 2 rings (SSSR count). The molecule has 1 aromatic heterocycles. The van der Waals surface area contributed by atoms with Gasteiger partial charge in [-0.3, -0.25) is 4.79 Å². The average Bonchev–Trinajstić information content (AvgIpc) is 2.39. The molecule has 19 heavy (non-hydrogen) atoms. The number of hydrogen-bond acceptors (Lipinski definition) is 4. The van der Waals surface area contributed by atoms with E-state index in [1.807, 2.05) is 31.3 Å². The summed E-state index contributed by atoms with van der Waals surface area (Å²) >= 11 is 6.02. The molecule has 1 heterocycles. The number of nitrogens with zero attached hydrogens (tertiary/aromatic N) is 4. The summed E-state index contributed by atoms with van der Waals surface area (Å²) in [4.78, 5) is 15.1. The van der Waals surface area contributed by atoms with Crippen molar-refractivity contribution >= 4 is 34.1 Å². The van der Waals surface area contributed by atoms with E-state index in [-0.39, 0.29) is 12.5 Å². The predicted octanol–water partition coefficient (Wildman–Crippen LogP) is 1.81. The van der Waals surface area contributed by atoms with E-state index in [0.717, 1.165) is 10.8 Å². The second-order valence-corrected chi connectivity index (χ2v) is 4.86. The third-order valence-electron chi connectivity index (χ3n) is 2.86. The summed E-state index contributed by atoms with van der Waals surface area (Å²) in [6.45, 7) is 0.243. The van der Waals surface area contributed by atoms with Crippen molar-refractivity contribution in [2.24, 2.45) is 0 Å². The van der Waals surface area contributed by atoms with Crippen LogP contribution in [0.4, 0.5) is 5.82 Å². The van der Waals surface area contributed by atoms with Crippen molar-refractivity contribution < 1.29 is 4.79 Å². The van der Waals surface area contributed by atoms with E-state index in [9.17, 15) is 4.79 Å². The number of amides is 1. The van der Waals surface area contributed by atoms with E-state index in [2.05, 4.69) is 10.2 Å². The van der Waals surface area contributed by atoms with Crippen molar-refractivity contribution in [3.05, 3.63) is 29.4 Å². The first-order valence-electron chi connectivity index (χ1n) is 5.83. The molecule has 0 atom stereocenters. The molecular weight excluding hydrogens is 264 g/mol. The SMILES string of the molecule is CN(C)C(=O)CN(C)c1nnc(Cl)c2ccccc12. The highest BCUT2D eigenvalue weighted by Crippen LogP contribution is 2.27. The Morgan fingerprint density at radius 2 is 1.79 bits per heavy atom. The number of anilines is 1. The quantitative estimate of drug-likeness (QED) is 0.859. The normalized spacial score (nSPS) is 10.5. The number of fused-ring (bicyclic) bond motifs is 1. The summed E-state index contributed by atoms with van der Waals surface area (Å²) < 4.78 is 0. The Bertz CT molecular complexity index is 615. The van der Waals surface area contributed by atoms with Crippen molar-refractivity contribution in [3.8, 4) is 0 Å². The Labute approximate surface area is 116 Å². The van der Waals surface area contributed by atoms with Crippen molar-refractivity contribution in [3.63, 3.8) is 0 Å². The monoisotopic (exact) mass is 278 g/mol. The molecule has 2 aromatic rings. The lowest BCUT2D eigenvalue weighted by Crippen LogP contribution is -2.34. The standard InChI is InChI=1S/C13H15ClN4O/c1-17(2)11(19)8-18(3)13-10-7-5-4-6-9(10)12(14)15-16-13/h4-7H,8H2,1-3H3. The van der Waals surface area contributed by atoms with Crippen LogP contribution < -0.4 is 4.90 Å². The number of carbonyl (C=O) groups is 1. The molecule has 0 aliphatic heterocycles. The molecule has 0 bridgehead atoms. The molecule has 0 N–H and O–H groups in total. The van der Waals surface area contributed by atoms with E-state index in [4.69, 9.17) is 11.6 Å². The van der Waals surface area contributed by atoms with E-state index in [0.29, 0.717) is 11.0 Å². The van der Waals surface area contributed by atoms with Gasteiger partial charge in [0.2, 0.25) is 5.91 Å². The summed E-state index contributed by atoms with van der Waals surface area (Å²) in [5.41, 5.74) is 0. The first-order valence-corrected chi connectivity index (χ1v) is 6.20. The molecule has 0 aliphatic carbocycles. The molecule has 0 radical (unpaired) electrons. The lowest BCUT2D eigenvalue weighted by atomic mass is 10.2. The third-order valence-corrected chi connectivity index (χ3v) is 3.13. The Morgan fingerprint density at radius 3 is 2.42 bits per heavy atom. The minimum atomic E-state index is 0.00308. The smallest absolute Gasteiger partial charge is 0.241 e. The van der Waals surface area contributed by atoms with E-state index in [1.165, 1.54) is 0 Å². The van der Waals surface area contributed by atoms with Crippen molar-refractivity contribution in [1.82, 2.24) is 15.1 Å². The Kier molecular flexibility index (Phi) is 3.85. The second-order valence-electron chi connectivity index (χ2n) is 4.50. The number of carbonyl (C=O) groups excluding carboxylic acids is 1. The molecule has 0 saturated heterocycles. The summed E-state index contributed by atoms with van der Waals surface area (Å²) in [7, 11) is 5.26. The molecule has 6 heteroatoms. The zero-order valence-corrected chi connectivity index (χ0v) is 11.8. The molecule has 1 aromatic carbocycles. The molecular formula is C13H15ClN4O. The van der Waals surface area contributed by atoms with Gasteiger partial charge in [-0.25, -0.2) is 0 Å². The number of benzene rings is 1. The first-order chi connectivity index (χ1) is 9.00. The van der Waals surface area contributed by atoms with Gasteiger partial charge in [-0.05, 0) is 0 Å². The molecule has 100 valence electrons. The van der Waals surface area contributed by atoms with Crippen LogP contribution >= 0.6 is 11.6 Å². The Balaban J connectivity index is 2.40. The highest BCUT2D eigenvalue weighted by Gasteiger charge is 2.14. The number of aromatic nitrogens is 2. The molecule has 0 saturated carbocycles. The lowest BCUT2D eigenvalue weighted by Gasteiger charge is -2.20. The second kappa shape index (κ2) is 5.40. The lowest BCUT2D eigenvalue weighted by molar-refractivity contribution is -0.127. The van der Waals surface area contributed by atoms with Gasteiger partial charge in [0.15, 0.2) is 11.0 Å². The van der Waals surface area contributed by atoms with Gasteiger partial charge in [-0.15, -0.1) is 10.2 Å². The topological polar surface area (TPSA) is 49.3 Å². The average molecular weight is 279 g/mol. The highest BCUT2D eigenvalue weighted by atomic mass is 35.5. The fourth-order valence-corrected chi connectivity index (χ4v) is 1.96. The maximum atomic E-state index is 11.7. The van der Waals surface area contributed by atoms with Crippen LogP contribution in [-0.4, -0.2) is 48.7 Å². The van der Waals surface area contributed by atoms with Crippen LogP contribution in [0.25, 0.3) is 10.8 Å². The molecule has 5 nitrogen and oxygen atoms in total. The fourth-order valence-electron chi connectivity index (χ4n) is 1.76. The Hall–Kier alpha value is -1.88. The minimum Gasteiger partial charge on any atom is -0.348 e. The van der Waals surface area contributed by atoms with E-state index >= 15 is 0 Å². The summed E-state index contributed by atoms with van der Waals surface area (Å²) in [5.74, 6) is 0.651. The van der Waals surface area contributed by atoms with Crippen molar-refractivity contribution in [2.45, 2.75) is 0 Å². The van der Waals surface area contributed by atoms with Crippen LogP contribution in [0.2, 0.25) is 5.15 Å². The molecule has 1 amide bonds. The van der Waals surface area contributed by atoms with Crippen molar-refractivity contribution in [1.29, 1.82) is 0 Å². The van der Waals surface area contributed by atoms with Crippen molar-refractivity contribution in [2.75, 3.05) is 32.6 Å².